The van der Waals surface area contributed by atoms with Crippen molar-refractivity contribution in [1.29, 1.82) is 0 Å². The lowest BCUT2D eigenvalue weighted by atomic mass is 10.1. The van der Waals surface area contributed by atoms with Gasteiger partial charge in [-0.05, 0) is 45.2 Å². The maximum atomic E-state index is 12.0. The van der Waals surface area contributed by atoms with Crippen LogP contribution in [0.4, 0.5) is 4.79 Å². The molecule has 0 aliphatic rings. The fourth-order valence-corrected chi connectivity index (χ4v) is 2.56. The molecule has 0 unspecified atom stereocenters. The number of amides is 1. The van der Waals surface area contributed by atoms with Gasteiger partial charge < -0.3 is 14.4 Å². The molecule has 5 nitrogen and oxygen atoms in total. The van der Waals surface area contributed by atoms with Crippen molar-refractivity contribution in [2.45, 2.75) is 45.4 Å². The second kappa shape index (κ2) is 6.62. The number of benzene rings is 1. The van der Waals surface area contributed by atoms with Crippen LogP contribution in [0.25, 0.3) is 10.9 Å². The minimum Gasteiger partial charge on any atom is -0.444 e. The van der Waals surface area contributed by atoms with E-state index in [9.17, 15) is 9.90 Å². The molecule has 0 aliphatic heterocycles. The molecule has 1 atom stereocenters. The molecule has 1 aromatic carbocycles. The van der Waals surface area contributed by atoms with Gasteiger partial charge in [0.05, 0.1) is 0 Å². The van der Waals surface area contributed by atoms with Gasteiger partial charge >= 0.3 is 6.09 Å². The van der Waals surface area contributed by atoms with Crippen molar-refractivity contribution in [1.82, 2.24) is 9.47 Å². The third-order valence-electron chi connectivity index (χ3n) is 3.78. The highest BCUT2D eigenvalue weighted by Gasteiger charge is 2.24. The summed E-state index contributed by atoms with van der Waals surface area (Å²) in [5, 5.41) is 11.4. The van der Waals surface area contributed by atoms with E-state index in [4.69, 9.17) is 4.74 Å². The minimum absolute atomic E-state index is 0.462. The number of fused-ring (bicyclic) bond motifs is 1. The largest absolute Gasteiger partial charge is 0.444 e. The molecule has 0 fully saturated rings. The van der Waals surface area contributed by atoms with Crippen molar-refractivity contribution in [2.75, 3.05) is 7.05 Å². The van der Waals surface area contributed by atoms with Crippen molar-refractivity contribution in [3.63, 3.8) is 0 Å². The minimum atomic E-state index is -0.871. The summed E-state index contributed by atoms with van der Waals surface area (Å²) in [5.74, 6) is 0. The van der Waals surface area contributed by atoms with Gasteiger partial charge in [-0.1, -0.05) is 18.2 Å². The van der Waals surface area contributed by atoms with Gasteiger partial charge in [-0.3, -0.25) is 4.90 Å². The van der Waals surface area contributed by atoms with Crippen molar-refractivity contribution in [3.8, 4) is 0 Å². The summed E-state index contributed by atoms with van der Waals surface area (Å²) in [6.07, 6.45) is 1.84. The predicted molar refractivity (Wildman–Crippen MR) is 91.2 cm³/mol. The predicted octanol–water partition coefficient (Wildman–Crippen LogP) is 3.30. The van der Waals surface area contributed by atoms with Crippen molar-refractivity contribution in [2.24, 2.45) is 7.05 Å². The molecule has 1 heterocycles. The van der Waals surface area contributed by atoms with Crippen molar-refractivity contribution < 1.29 is 14.6 Å². The Kier molecular flexibility index (Phi) is 5.00. The highest BCUT2D eigenvalue weighted by molar-refractivity contribution is 5.83. The Bertz CT molecular complexity index is 685. The Labute approximate surface area is 137 Å². The van der Waals surface area contributed by atoms with Gasteiger partial charge in [-0.15, -0.1) is 0 Å². The number of aliphatic hydroxyl groups is 1. The second-order valence-electron chi connectivity index (χ2n) is 6.89. The molecule has 0 spiro atoms. The van der Waals surface area contributed by atoms with Crippen LogP contribution in [0.1, 0.15) is 32.8 Å². The maximum Gasteiger partial charge on any atom is 0.412 e. The van der Waals surface area contributed by atoms with E-state index in [-0.39, 0.29) is 0 Å². The zero-order valence-electron chi connectivity index (χ0n) is 14.5. The highest BCUT2D eigenvalue weighted by Crippen LogP contribution is 2.22. The molecule has 1 amide bonds. The number of rotatable bonds is 4. The van der Waals surface area contributed by atoms with Crippen LogP contribution in [-0.2, 0) is 18.2 Å². The van der Waals surface area contributed by atoms with Gasteiger partial charge in [-0.25, -0.2) is 4.79 Å². The summed E-state index contributed by atoms with van der Waals surface area (Å²) in [7, 11) is 3.57. The van der Waals surface area contributed by atoms with Crippen LogP contribution in [0.2, 0.25) is 0 Å². The zero-order valence-corrected chi connectivity index (χ0v) is 14.5. The number of ether oxygens (including phenoxy) is 1. The number of aliphatic hydroxyl groups excluding tert-OH is 1. The summed E-state index contributed by atoms with van der Waals surface area (Å²) >= 11 is 0. The Hall–Kier alpha value is -2.01. The van der Waals surface area contributed by atoms with Gasteiger partial charge in [0.1, 0.15) is 11.8 Å². The topological polar surface area (TPSA) is 54.7 Å². The molecule has 1 aromatic heterocycles. The number of carbonyl (C=O) groups excluding carboxylic acids is 1. The maximum absolute atomic E-state index is 12.0. The fraction of sp³-hybridized carbons (Fsp3) is 0.500. The highest BCUT2D eigenvalue weighted by atomic mass is 16.6. The molecule has 0 saturated carbocycles. The van der Waals surface area contributed by atoms with Crippen LogP contribution < -0.4 is 0 Å². The SMILES string of the molecule is CN(C(=O)OC(C)(C)C)[C@H](O)CCc1cn(C)c2ccccc12. The van der Waals surface area contributed by atoms with Crippen molar-refractivity contribution in [3.05, 3.63) is 36.0 Å². The number of para-hydroxylation sites is 1. The number of aromatic nitrogens is 1. The fourth-order valence-electron chi connectivity index (χ4n) is 2.56. The normalized spacial score (nSPS) is 13.1. The Morgan fingerprint density at radius 2 is 2.00 bits per heavy atom. The summed E-state index contributed by atoms with van der Waals surface area (Å²) in [6, 6.07) is 8.17. The molecule has 2 rings (SSSR count). The monoisotopic (exact) mass is 318 g/mol. The molecular weight excluding hydrogens is 292 g/mol. The third kappa shape index (κ3) is 4.26. The summed E-state index contributed by atoms with van der Waals surface area (Å²) in [4.78, 5) is 13.2. The zero-order chi connectivity index (χ0) is 17.2. The van der Waals surface area contributed by atoms with Crippen LogP contribution >= 0.6 is 0 Å². The number of aryl methyl sites for hydroxylation is 2. The van der Waals surface area contributed by atoms with Crippen LogP contribution in [-0.4, -0.2) is 39.5 Å². The molecule has 0 radical (unpaired) electrons. The Morgan fingerprint density at radius 3 is 2.65 bits per heavy atom. The van der Waals surface area contributed by atoms with Gasteiger partial charge in [0.15, 0.2) is 0 Å². The Morgan fingerprint density at radius 1 is 1.35 bits per heavy atom. The summed E-state index contributed by atoms with van der Waals surface area (Å²) in [6.45, 7) is 5.42. The number of nitrogens with zero attached hydrogens (tertiary/aromatic N) is 2. The Balaban J connectivity index is 2.00. The van der Waals surface area contributed by atoms with Crippen LogP contribution in [0.15, 0.2) is 30.5 Å². The van der Waals surface area contributed by atoms with E-state index in [1.165, 1.54) is 15.8 Å². The average Bonchev–Trinajstić information content (AvgIpc) is 2.79. The molecule has 126 valence electrons. The van der Waals surface area contributed by atoms with Crippen molar-refractivity contribution >= 4 is 17.0 Å². The van der Waals surface area contributed by atoms with E-state index in [0.717, 1.165) is 5.52 Å². The van der Waals surface area contributed by atoms with E-state index in [2.05, 4.69) is 22.9 Å². The third-order valence-corrected chi connectivity index (χ3v) is 3.78. The molecule has 0 aliphatic carbocycles. The van der Waals surface area contributed by atoms with Gasteiger partial charge in [-0.2, -0.15) is 0 Å². The molecule has 0 saturated heterocycles. The van der Waals surface area contributed by atoms with E-state index < -0.39 is 17.9 Å². The van der Waals surface area contributed by atoms with Crippen LogP contribution in [0.5, 0.6) is 0 Å². The summed E-state index contributed by atoms with van der Waals surface area (Å²) < 4.78 is 7.35. The molecular formula is C18H26N2O3. The van der Waals surface area contributed by atoms with Gasteiger partial charge in [0.2, 0.25) is 0 Å². The van der Waals surface area contributed by atoms with E-state index in [1.807, 2.05) is 19.2 Å². The van der Waals surface area contributed by atoms with E-state index in [0.29, 0.717) is 12.8 Å². The molecule has 2 aromatic rings. The number of hydrogen-bond donors (Lipinski definition) is 1. The molecule has 1 N–H and O–H groups in total. The molecule has 23 heavy (non-hydrogen) atoms. The number of carbonyl (C=O) groups is 1. The molecule has 5 heteroatoms. The smallest absolute Gasteiger partial charge is 0.412 e. The summed E-state index contributed by atoms with van der Waals surface area (Å²) in [5.41, 5.74) is 1.76. The standard InChI is InChI=1S/C18H26N2O3/c1-18(2,3)23-17(22)20(5)16(21)11-10-13-12-19(4)15-9-7-6-8-14(13)15/h6-9,12,16,21H,10-11H2,1-5H3/t16-/m1/s1. The lowest BCUT2D eigenvalue weighted by molar-refractivity contribution is -0.0222. The first-order valence-corrected chi connectivity index (χ1v) is 7.86. The first-order valence-electron chi connectivity index (χ1n) is 7.86. The average molecular weight is 318 g/mol. The van der Waals surface area contributed by atoms with Gasteiger partial charge in [0, 0.05) is 31.2 Å². The van der Waals surface area contributed by atoms with Gasteiger partial charge in [0.25, 0.3) is 0 Å². The lowest BCUT2D eigenvalue weighted by Crippen LogP contribution is -2.40. The molecule has 0 bridgehead atoms. The van der Waals surface area contributed by atoms with Crippen LogP contribution in [0, 0.1) is 0 Å². The lowest BCUT2D eigenvalue weighted by Gasteiger charge is -2.27. The van der Waals surface area contributed by atoms with Crippen LogP contribution in [0.3, 0.4) is 0 Å². The van der Waals surface area contributed by atoms with E-state index in [1.54, 1.807) is 27.8 Å². The first kappa shape index (κ1) is 17.3. The number of hydrogen-bond acceptors (Lipinski definition) is 3. The quantitative estimate of drug-likeness (QED) is 0.880. The second-order valence-corrected chi connectivity index (χ2v) is 6.89. The first-order chi connectivity index (χ1) is 10.7. The van der Waals surface area contributed by atoms with E-state index >= 15 is 0 Å².